The second-order valence-electron chi connectivity index (χ2n) is 9.31. The Balaban J connectivity index is 1.49. The Kier molecular flexibility index (Phi) is 5.64. The summed E-state index contributed by atoms with van der Waals surface area (Å²) in [5, 5.41) is 14.9. The van der Waals surface area contributed by atoms with Crippen LogP contribution in [0.4, 0.5) is 11.6 Å². The first-order chi connectivity index (χ1) is 14.3. The van der Waals surface area contributed by atoms with Crippen LogP contribution >= 0.6 is 0 Å². The molecule has 3 N–H and O–H groups in total. The number of piperidine rings is 1. The standard InChI is InChI=1S/C23H33N7/c1-23(2,3)28-17-9-11-30(15-17)22-8-6-19-20(27-22)5-7-21(26-19)29-12-10-18(24)16(14-29)13-25-4/h5-8,13,17,24-25,28H,9-12,14-15H2,1-4H3/b16-13-,24-18?. The van der Waals surface area contributed by atoms with Gasteiger partial charge in [-0.25, -0.2) is 9.97 Å². The number of fused-ring (bicyclic) bond motifs is 1. The molecule has 7 heteroatoms. The maximum atomic E-state index is 8.13. The van der Waals surface area contributed by atoms with Crippen molar-refractivity contribution in [1.29, 1.82) is 5.41 Å². The Morgan fingerprint density at radius 3 is 2.33 bits per heavy atom. The van der Waals surface area contributed by atoms with E-state index in [-0.39, 0.29) is 5.54 Å². The number of nitrogens with zero attached hydrogens (tertiary/aromatic N) is 4. The summed E-state index contributed by atoms with van der Waals surface area (Å²) < 4.78 is 0. The third-order valence-electron chi connectivity index (χ3n) is 5.69. The minimum atomic E-state index is 0.132. The SMILES string of the molecule is CN/C=C1/CN(c2ccc3nc(N4CCC(NC(C)(C)C)C4)ccc3n2)CCC1=N. The first-order valence-corrected chi connectivity index (χ1v) is 10.8. The summed E-state index contributed by atoms with van der Waals surface area (Å²) in [4.78, 5) is 14.4. The van der Waals surface area contributed by atoms with E-state index in [1.807, 2.05) is 13.2 Å². The van der Waals surface area contributed by atoms with Crippen LogP contribution in [-0.4, -0.2) is 60.5 Å². The quantitative estimate of drug-likeness (QED) is 0.723. The lowest BCUT2D eigenvalue weighted by Gasteiger charge is -2.30. The number of aromatic nitrogens is 2. The molecule has 0 bridgehead atoms. The van der Waals surface area contributed by atoms with Gasteiger partial charge in [-0.1, -0.05) is 0 Å². The molecule has 4 rings (SSSR count). The van der Waals surface area contributed by atoms with Crippen LogP contribution in [0.25, 0.3) is 11.0 Å². The van der Waals surface area contributed by atoms with Crippen molar-refractivity contribution in [2.45, 2.75) is 45.2 Å². The van der Waals surface area contributed by atoms with Crippen LogP contribution in [0.5, 0.6) is 0 Å². The summed E-state index contributed by atoms with van der Waals surface area (Å²) >= 11 is 0. The Morgan fingerprint density at radius 1 is 1.03 bits per heavy atom. The summed E-state index contributed by atoms with van der Waals surface area (Å²) in [6.45, 7) is 10.2. The monoisotopic (exact) mass is 407 g/mol. The van der Waals surface area contributed by atoms with Crippen LogP contribution in [0.1, 0.15) is 33.6 Å². The molecule has 1 unspecified atom stereocenters. The normalized spacial score (nSPS) is 21.7. The molecule has 30 heavy (non-hydrogen) atoms. The smallest absolute Gasteiger partial charge is 0.129 e. The van der Waals surface area contributed by atoms with Gasteiger partial charge in [-0.2, -0.15) is 0 Å². The fourth-order valence-corrected chi connectivity index (χ4v) is 4.33. The number of anilines is 2. The second kappa shape index (κ2) is 8.22. The minimum Gasteiger partial charge on any atom is -0.394 e. The van der Waals surface area contributed by atoms with Crippen molar-refractivity contribution in [3.8, 4) is 0 Å². The van der Waals surface area contributed by atoms with Crippen LogP contribution in [0.2, 0.25) is 0 Å². The molecule has 2 saturated heterocycles. The van der Waals surface area contributed by atoms with E-state index >= 15 is 0 Å². The molecule has 2 aromatic rings. The van der Waals surface area contributed by atoms with Gasteiger partial charge in [-0.05, 0) is 51.5 Å². The molecule has 2 fully saturated rings. The van der Waals surface area contributed by atoms with Crippen molar-refractivity contribution in [2.75, 3.05) is 43.0 Å². The van der Waals surface area contributed by atoms with E-state index in [4.69, 9.17) is 15.4 Å². The van der Waals surface area contributed by atoms with Gasteiger partial charge in [-0.15, -0.1) is 0 Å². The van der Waals surface area contributed by atoms with Gasteiger partial charge in [0.1, 0.15) is 11.6 Å². The molecule has 0 aliphatic carbocycles. The van der Waals surface area contributed by atoms with Gasteiger partial charge in [0.05, 0.1) is 11.0 Å². The van der Waals surface area contributed by atoms with Crippen molar-refractivity contribution in [1.82, 2.24) is 20.6 Å². The van der Waals surface area contributed by atoms with E-state index in [1.54, 1.807) is 0 Å². The zero-order chi connectivity index (χ0) is 21.3. The molecular formula is C23H33N7. The van der Waals surface area contributed by atoms with Crippen LogP contribution in [0.3, 0.4) is 0 Å². The highest BCUT2D eigenvalue weighted by Gasteiger charge is 2.27. The Hall–Kier alpha value is -2.67. The topological polar surface area (TPSA) is 80.2 Å². The predicted molar refractivity (Wildman–Crippen MR) is 125 cm³/mol. The fraction of sp³-hybridized carbons (Fsp3) is 0.522. The minimum absolute atomic E-state index is 0.132. The molecule has 1 atom stereocenters. The van der Waals surface area contributed by atoms with Crippen LogP contribution in [0.15, 0.2) is 36.0 Å². The highest BCUT2D eigenvalue weighted by atomic mass is 15.2. The van der Waals surface area contributed by atoms with E-state index in [1.165, 1.54) is 0 Å². The maximum absolute atomic E-state index is 8.13. The first kappa shape index (κ1) is 20.6. The number of pyridine rings is 2. The van der Waals surface area contributed by atoms with Gasteiger partial charge in [0.15, 0.2) is 0 Å². The number of nitrogens with one attached hydrogen (secondary N) is 3. The zero-order valence-electron chi connectivity index (χ0n) is 18.5. The van der Waals surface area contributed by atoms with E-state index in [9.17, 15) is 0 Å². The second-order valence-corrected chi connectivity index (χ2v) is 9.31. The highest BCUT2D eigenvalue weighted by Crippen LogP contribution is 2.25. The van der Waals surface area contributed by atoms with Crippen LogP contribution in [-0.2, 0) is 0 Å². The molecule has 0 radical (unpaired) electrons. The summed E-state index contributed by atoms with van der Waals surface area (Å²) in [6, 6.07) is 8.81. The molecular weight excluding hydrogens is 374 g/mol. The van der Waals surface area contributed by atoms with Crippen molar-refractivity contribution in [3.05, 3.63) is 36.0 Å². The van der Waals surface area contributed by atoms with E-state index < -0.39 is 0 Å². The van der Waals surface area contributed by atoms with Gasteiger partial charge < -0.3 is 25.8 Å². The molecule has 2 aliphatic rings. The Morgan fingerprint density at radius 2 is 1.70 bits per heavy atom. The summed E-state index contributed by atoms with van der Waals surface area (Å²) in [7, 11) is 1.87. The van der Waals surface area contributed by atoms with Crippen LogP contribution in [0, 0.1) is 5.41 Å². The Labute approximate surface area is 179 Å². The Bertz CT molecular complexity index is 960. The highest BCUT2D eigenvalue weighted by molar-refractivity contribution is 6.00. The largest absolute Gasteiger partial charge is 0.394 e. The van der Waals surface area contributed by atoms with Gasteiger partial charge >= 0.3 is 0 Å². The van der Waals surface area contributed by atoms with Crippen molar-refractivity contribution in [2.24, 2.45) is 0 Å². The molecule has 4 heterocycles. The molecule has 0 spiro atoms. The number of hydrogen-bond acceptors (Lipinski definition) is 7. The molecule has 160 valence electrons. The number of rotatable bonds is 4. The van der Waals surface area contributed by atoms with Crippen molar-refractivity contribution < 1.29 is 0 Å². The van der Waals surface area contributed by atoms with Crippen LogP contribution < -0.4 is 20.4 Å². The summed E-state index contributed by atoms with van der Waals surface area (Å²) in [6.07, 6.45) is 3.80. The predicted octanol–water partition coefficient (Wildman–Crippen LogP) is 2.93. The van der Waals surface area contributed by atoms with Gasteiger partial charge in [0.2, 0.25) is 0 Å². The van der Waals surface area contributed by atoms with E-state index in [0.717, 1.165) is 60.7 Å². The molecule has 0 amide bonds. The van der Waals surface area contributed by atoms with Crippen molar-refractivity contribution in [3.63, 3.8) is 0 Å². The lowest BCUT2D eigenvalue weighted by atomic mass is 10.0. The third-order valence-corrected chi connectivity index (χ3v) is 5.69. The number of hydrogen-bond donors (Lipinski definition) is 3. The zero-order valence-corrected chi connectivity index (χ0v) is 18.5. The van der Waals surface area contributed by atoms with Gasteiger partial charge in [-0.3, -0.25) is 0 Å². The maximum Gasteiger partial charge on any atom is 0.129 e. The first-order valence-electron chi connectivity index (χ1n) is 10.8. The molecule has 2 aliphatic heterocycles. The molecule has 0 saturated carbocycles. The molecule has 7 nitrogen and oxygen atoms in total. The molecule has 0 aromatic carbocycles. The molecule has 2 aromatic heterocycles. The van der Waals surface area contributed by atoms with E-state index in [2.05, 4.69) is 65.5 Å². The van der Waals surface area contributed by atoms with Crippen molar-refractivity contribution >= 4 is 28.4 Å². The summed E-state index contributed by atoms with van der Waals surface area (Å²) in [5.74, 6) is 1.98. The lowest BCUT2D eigenvalue weighted by Crippen LogP contribution is -2.44. The van der Waals surface area contributed by atoms with E-state index in [0.29, 0.717) is 18.3 Å². The average Bonchev–Trinajstić information content (AvgIpc) is 3.15. The summed E-state index contributed by atoms with van der Waals surface area (Å²) in [5.41, 5.74) is 3.70. The van der Waals surface area contributed by atoms with Gasteiger partial charge in [0, 0.05) is 68.7 Å². The average molecular weight is 408 g/mol. The lowest BCUT2D eigenvalue weighted by molar-refractivity contribution is 0.373. The third kappa shape index (κ3) is 4.56. The van der Waals surface area contributed by atoms with Gasteiger partial charge in [0.25, 0.3) is 0 Å². The fourth-order valence-electron chi connectivity index (χ4n) is 4.33.